The maximum atomic E-state index is 12.5. The molecule has 0 aromatic rings. The van der Waals surface area contributed by atoms with Crippen LogP contribution in [-0.2, 0) is 27.9 Å². The lowest BCUT2D eigenvalue weighted by Gasteiger charge is -2.20. The molecule has 0 rings (SSSR count). The van der Waals surface area contributed by atoms with E-state index in [9.17, 15) is 19.4 Å². The number of phosphoric acid groups is 1. The van der Waals surface area contributed by atoms with Crippen LogP contribution in [0, 0.1) is 0 Å². The number of esters is 1. The van der Waals surface area contributed by atoms with Crippen LogP contribution in [0.2, 0.25) is 0 Å². The van der Waals surface area contributed by atoms with Crippen molar-refractivity contribution in [3.8, 4) is 0 Å². The Labute approximate surface area is 304 Å². The van der Waals surface area contributed by atoms with Gasteiger partial charge in [-0.15, -0.1) is 0 Å². The first kappa shape index (κ1) is 48.2. The van der Waals surface area contributed by atoms with Crippen LogP contribution in [0.25, 0.3) is 0 Å². The molecular weight excluding hydrogens is 655 g/mol. The third-order valence-corrected chi connectivity index (χ3v) is 8.64. The number of hydrogen-bond acceptors (Lipinski definition) is 8. The van der Waals surface area contributed by atoms with Crippen LogP contribution < -0.4 is 0 Å². The second kappa shape index (κ2) is 36.9. The summed E-state index contributed by atoms with van der Waals surface area (Å²) < 4.78 is 33.2. The van der Waals surface area contributed by atoms with Gasteiger partial charge in [0, 0.05) is 13.0 Å². The minimum absolute atomic E-state index is 0.0304. The molecule has 0 aromatic carbocycles. The van der Waals surface area contributed by atoms with E-state index in [-0.39, 0.29) is 13.0 Å². The molecule has 0 saturated carbocycles. The monoisotopic (exact) mass is 726 g/mol. The number of aliphatic hydroxyl groups is 2. The number of carbonyl (C=O) groups is 1. The number of allylic oxidation sites excluding steroid dienone is 10. The van der Waals surface area contributed by atoms with Crippen molar-refractivity contribution < 1.29 is 43.0 Å². The zero-order valence-electron chi connectivity index (χ0n) is 31.3. The van der Waals surface area contributed by atoms with Crippen LogP contribution in [0.5, 0.6) is 0 Å². The molecule has 3 N–H and O–H groups in total. The van der Waals surface area contributed by atoms with E-state index in [1.54, 1.807) is 0 Å². The molecule has 0 spiro atoms. The molecule has 3 atom stereocenters. The molecule has 290 valence electrons. The molecule has 0 radical (unpaired) electrons. The Morgan fingerprint density at radius 3 is 1.74 bits per heavy atom. The van der Waals surface area contributed by atoms with Crippen molar-refractivity contribution in [3.63, 3.8) is 0 Å². The van der Waals surface area contributed by atoms with Crippen LogP contribution in [0.1, 0.15) is 142 Å². The second-order valence-electron chi connectivity index (χ2n) is 12.6. The van der Waals surface area contributed by atoms with Gasteiger partial charge in [-0.25, -0.2) is 4.57 Å². The molecule has 0 aliphatic carbocycles. The summed E-state index contributed by atoms with van der Waals surface area (Å²) in [6.07, 6.45) is 40.4. The molecule has 50 heavy (non-hydrogen) atoms. The van der Waals surface area contributed by atoms with Gasteiger partial charge >= 0.3 is 13.8 Å². The van der Waals surface area contributed by atoms with Crippen molar-refractivity contribution in [3.05, 3.63) is 60.8 Å². The third kappa shape index (κ3) is 36.0. The third-order valence-electron chi connectivity index (χ3n) is 7.69. The van der Waals surface area contributed by atoms with Crippen molar-refractivity contribution in [1.82, 2.24) is 0 Å². The molecule has 0 fully saturated rings. The zero-order valence-corrected chi connectivity index (χ0v) is 32.2. The molecule has 0 amide bonds. The van der Waals surface area contributed by atoms with E-state index in [1.807, 2.05) is 0 Å². The van der Waals surface area contributed by atoms with Gasteiger partial charge in [0.25, 0.3) is 0 Å². The van der Waals surface area contributed by atoms with Crippen molar-refractivity contribution in [1.29, 1.82) is 0 Å². The molecule has 3 unspecified atom stereocenters. The minimum atomic E-state index is -4.52. The highest BCUT2D eigenvalue weighted by molar-refractivity contribution is 7.47. The molecule has 0 bridgehead atoms. The standard InChI is InChI=1S/C40H71O9P/c1-3-5-7-9-11-13-15-16-17-18-19-20-21-23-25-27-29-31-33-46-36-39(37-48-50(44,45)47-35-38(42)34-41)49-40(43)32-30-28-26-24-22-14-12-10-8-6-4-2/h5,7,10-13,16-17,19-20,38-39,41-42H,3-4,6,8-9,14-15,18,21-37H2,1-2H3,(H,44,45)/b7-5-,12-10-,13-11-,17-16-,20-19-. The van der Waals surface area contributed by atoms with Crippen molar-refractivity contribution in [2.24, 2.45) is 0 Å². The van der Waals surface area contributed by atoms with Crippen molar-refractivity contribution >= 4 is 13.8 Å². The summed E-state index contributed by atoms with van der Waals surface area (Å²) in [5.41, 5.74) is 0. The Bertz CT molecular complexity index is 960. The Morgan fingerprint density at radius 2 is 1.14 bits per heavy atom. The summed E-state index contributed by atoms with van der Waals surface area (Å²) in [6.45, 7) is 3.28. The van der Waals surface area contributed by atoms with Gasteiger partial charge in [0.1, 0.15) is 12.2 Å². The summed E-state index contributed by atoms with van der Waals surface area (Å²) in [5, 5.41) is 18.3. The molecule has 0 saturated heterocycles. The van der Waals surface area contributed by atoms with Crippen LogP contribution in [0.3, 0.4) is 0 Å². The van der Waals surface area contributed by atoms with Gasteiger partial charge in [0.15, 0.2) is 0 Å². The summed E-state index contributed by atoms with van der Waals surface area (Å²) in [6, 6.07) is 0. The average Bonchev–Trinajstić information content (AvgIpc) is 3.10. The fourth-order valence-corrected chi connectivity index (χ4v) is 5.53. The smallest absolute Gasteiger partial charge is 0.457 e. The number of phosphoric ester groups is 1. The number of unbranched alkanes of at least 4 members (excludes halogenated alkanes) is 12. The van der Waals surface area contributed by atoms with E-state index in [0.29, 0.717) is 13.0 Å². The number of ether oxygens (including phenoxy) is 2. The maximum Gasteiger partial charge on any atom is 0.472 e. The van der Waals surface area contributed by atoms with E-state index in [4.69, 9.17) is 23.6 Å². The van der Waals surface area contributed by atoms with Gasteiger partial charge in [-0.05, 0) is 70.6 Å². The fourth-order valence-electron chi connectivity index (χ4n) is 4.74. The Hall–Kier alpha value is -1.84. The Balaban J connectivity index is 4.26. The number of carbonyl (C=O) groups excluding carboxylic acids is 1. The molecule has 10 heteroatoms. The van der Waals surface area contributed by atoms with E-state index in [0.717, 1.165) is 103 Å². The first-order valence-corrected chi connectivity index (χ1v) is 20.8. The van der Waals surface area contributed by atoms with E-state index in [1.165, 1.54) is 12.8 Å². The minimum Gasteiger partial charge on any atom is -0.457 e. The maximum absolute atomic E-state index is 12.5. The van der Waals surface area contributed by atoms with Gasteiger partial charge < -0.3 is 24.6 Å². The van der Waals surface area contributed by atoms with Crippen LogP contribution in [0.15, 0.2) is 60.8 Å². The summed E-state index contributed by atoms with van der Waals surface area (Å²) in [7, 11) is -4.52. The molecular formula is C40H71O9P. The van der Waals surface area contributed by atoms with Gasteiger partial charge in [-0.2, -0.15) is 0 Å². The number of hydrogen-bond donors (Lipinski definition) is 3. The SMILES string of the molecule is CC/C=C\C/C=C\C/C=C\C/C=C\CCCCCCCOCC(COP(=O)(O)OCC(O)CO)OC(=O)CCCCCCC/C=C\CCCC. The highest BCUT2D eigenvalue weighted by atomic mass is 31.2. The molecule has 9 nitrogen and oxygen atoms in total. The van der Waals surface area contributed by atoms with Crippen LogP contribution in [0.4, 0.5) is 0 Å². The van der Waals surface area contributed by atoms with E-state index in [2.05, 4.69) is 74.6 Å². The van der Waals surface area contributed by atoms with Gasteiger partial charge in [0.2, 0.25) is 0 Å². The first-order valence-electron chi connectivity index (χ1n) is 19.3. The predicted molar refractivity (Wildman–Crippen MR) is 205 cm³/mol. The van der Waals surface area contributed by atoms with Crippen LogP contribution >= 0.6 is 7.82 Å². The normalized spacial score (nSPS) is 14.9. The lowest BCUT2D eigenvalue weighted by Crippen LogP contribution is -2.29. The molecule has 0 aliphatic heterocycles. The molecule has 0 aliphatic rings. The summed E-state index contributed by atoms with van der Waals surface area (Å²) in [5.74, 6) is -0.404. The lowest BCUT2D eigenvalue weighted by molar-refractivity contribution is -0.154. The average molecular weight is 727 g/mol. The molecule has 0 heterocycles. The topological polar surface area (TPSA) is 132 Å². The molecule has 0 aromatic heterocycles. The first-order chi connectivity index (χ1) is 24.3. The Morgan fingerprint density at radius 1 is 0.640 bits per heavy atom. The van der Waals surface area contributed by atoms with Gasteiger partial charge in [-0.3, -0.25) is 13.8 Å². The Kier molecular flexibility index (Phi) is 35.6. The highest BCUT2D eigenvalue weighted by Gasteiger charge is 2.26. The van der Waals surface area contributed by atoms with Gasteiger partial charge in [0.05, 0.1) is 26.4 Å². The van der Waals surface area contributed by atoms with Gasteiger partial charge in [-0.1, -0.05) is 126 Å². The van der Waals surface area contributed by atoms with Crippen LogP contribution in [-0.4, -0.2) is 66.3 Å². The number of aliphatic hydroxyl groups excluding tert-OH is 2. The predicted octanol–water partition coefficient (Wildman–Crippen LogP) is 10.0. The lowest BCUT2D eigenvalue weighted by atomic mass is 10.1. The quantitative estimate of drug-likeness (QED) is 0.0250. The fraction of sp³-hybridized carbons (Fsp3) is 0.725. The largest absolute Gasteiger partial charge is 0.472 e. The van der Waals surface area contributed by atoms with E-state index < -0.39 is 45.8 Å². The van der Waals surface area contributed by atoms with Crippen molar-refractivity contribution in [2.75, 3.05) is 33.0 Å². The summed E-state index contributed by atoms with van der Waals surface area (Å²) in [4.78, 5) is 22.4. The zero-order chi connectivity index (χ0) is 36.8. The van der Waals surface area contributed by atoms with Crippen molar-refractivity contribution in [2.45, 2.75) is 154 Å². The second-order valence-corrected chi connectivity index (χ2v) is 14.0. The number of rotatable bonds is 36. The highest BCUT2D eigenvalue weighted by Crippen LogP contribution is 2.43. The van der Waals surface area contributed by atoms with E-state index >= 15 is 0 Å². The summed E-state index contributed by atoms with van der Waals surface area (Å²) >= 11 is 0.